The number of hydrogen-bond acceptors (Lipinski definition) is 3. The SMILES string of the molecule is CC(Cc1ccccn1)c1ccc(Br)cc1[N+](=O)[O-]. The highest BCUT2D eigenvalue weighted by molar-refractivity contribution is 9.10. The van der Waals surface area contributed by atoms with E-state index in [9.17, 15) is 10.1 Å². The summed E-state index contributed by atoms with van der Waals surface area (Å²) in [5.74, 6) is 0.0448. The third kappa shape index (κ3) is 3.38. The molecule has 0 aliphatic carbocycles. The van der Waals surface area contributed by atoms with Crippen LogP contribution in [0.5, 0.6) is 0 Å². The first-order valence-electron chi connectivity index (χ1n) is 5.91. The van der Waals surface area contributed by atoms with Crippen molar-refractivity contribution in [3.05, 3.63) is 68.4 Å². The normalized spacial score (nSPS) is 12.1. The molecule has 5 heteroatoms. The van der Waals surface area contributed by atoms with Gasteiger partial charge in [-0.3, -0.25) is 15.1 Å². The summed E-state index contributed by atoms with van der Waals surface area (Å²) in [5.41, 5.74) is 1.82. The number of nitro benzene ring substituents is 1. The first kappa shape index (κ1) is 13.7. The third-order valence-electron chi connectivity index (χ3n) is 2.96. The summed E-state index contributed by atoms with van der Waals surface area (Å²) in [6.45, 7) is 1.98. The van der Waals surface area contributed by atoms with Gasteiger partial charge in [0.05, 0.1) is 4.92 Å². The Morgan fingerprint density at radius 2 is 2.16 bits per heavy atom. The van der Waals surface area contributed by atoms with Crippen molar-refractivity contribution in [2.45, 2.75) is 19.3 Å². The predicted molar refractivity (Wildman–Crippen MR) is 77.2 cm³/mol. The van der Waals surface area contributed by atoms with Crippen molar-refractivity contribution in [3.8, 4) is 0 Å². The Morgan fingerprint density at radius 3 is 2.79 bits per heavy atom. The molecule has 0 radical (unpaired) electrons. The molecule has 0 fully saturated rings. The van der Waals surface area contributed by atoms with E-state index in [4.69, 9.17) is 0 Å². The van der Waals surface area contributed by atoms with E-state index in [1.165, 1.54) is 0 Å². The van der Waals surface area contributed by atoms with Crippen molar-refractivity contribution < 1.29 is 4.92 Å². The molecule has 1 atom stereocenters. The smallest absolute Gasteiger partial charge is 0.261 e. The number of pyridine rings is 1. The zero-order valence-electron chi connectivity index (χ0n) is 10.4. The van der Waals surface area contributed by atoms with Gasteiger partial charge in [0.25, 0.3) is 5.69 Å². The summed E-state index contributed by atoms with van der Waals surface area (Å²) in [6.07, 6.45) is 2.42. The molecule has 19 heavy (non-hydrogen) atoms. The number of aromatic nitrogens is 1. The number of benzene rings is 1. The number of rotatable bonds is 4. The van der Waals surface area contributed by atoms with Crippen LogP contribution in [0.2, 0.25) is 0 Å². The number of hydrogen-bond donors (Lipinski definition) is 0. The van der Waals surface area contributed by atoms with Gasteiger partial charge in [-0.1, -0.05) is 35.0 Å². The molecule has 0 saturated carbocycles. The van der Waals surface area contributed by atoms with Gasteiger partial charge in [0, 0.05) is 28.0 Å². The van der Waals surface area contributed by atoms with Crippen LogP contribution in [-0.4, -0.2) is 9.91 Å². The van der Waals surface area contributed by atoms with E-state index in [1.54, 1.807) is 18.3 Å². The quantitative estimate of drug-likeness (QED) is 0.629. The van der Waals surface area contributed by atoms with E-state index in [1.807, 2.05) is 31.2 Å². The Morgan fingerprint density at radius 1 is 1.37 bits per heavy atom. The monoisotopic (exact) mass is 320 g/mol. The van der Waals surface area contributed by atoms with Gasteiger partial charge in [0.2, 0.25) is 0 Å². The maximum atomic E-state index is 11.1. The van der Waals surface area contributed by atoms with Crippen LogP contribution in [0.25, 0.3) is 0 Å². The molecule has 4 nitrogen and oxygen atoms in total. The van der Waals surface area contributed by atoms with E-state index in [-0.39, 0.29) is 16.5 Å². The van der Waals surface area contributed by atoms with Crippen LogP contribution >= 0.6 is 15.9 Å². The van der Waals surface area contributed by atoms with Gasteiger partial charge in [-0.15, -0.1) is 0 Å². The Kier molecular flexibility index (Phi) is 4.27. The largest absolute Gasteiger partial charge is 0.273 e. The van der Waals surface area contributed by atoms with Gasteiger partial charge in [-0.05, 0) is 30.5 Å². The maximum Gasteiger partial charge on any atom is 0.273 e. The van der Waals surface area contributed by atoms with Gasteiger partial charge in [-0.25, -0.2) is 0 Å². The van der Waals surface area contributed by atoms with Crippen LogP contribution in [0.4, 0.5) is 5.69 Å². The standard InChI is InChI=1S/C14H13BrN2O2/c1-10(8-12-4-2-3-7-16-12)13-6-5-11(15)9-14(13)17(18)19/h2-7,9-10H,8H2,1H3. The van der Waals surface area contributed by atoms with Crippen molar-refractivity contribution in [3.63, 3.8) is 0 Å². The van der Waals surface area contributed by atoms with Gasteiger partial charge >= 0.3 is 0 Å². The first-order valence-corrected chi connectivity index (χ1v) is 6.71. The molecule has 0 N–H and O–H groups in total. The molecular weight excluding hydrogens is 308 g/mol. The third-order valence-corrected chi connectivity index (χ3v) is 3.45. The topological polar surface area (TPSA) is 56.0 Å². The second kappa shape index (κ2) is 5.93. The van der Waals surface area contributed by atoms with Gasteiger partial charge < -0.3 is 0 Å². The lowest BCUT2D eigenvalue weighted by atomic mass is 9.94. The summed E-state index contributed by atoms with van der Waals surface area (Å²) in [5, 5.41) is 11.1. The van der Waals surface area contributed by atoms with Crippen LogP contribution in [0, 0.1) is 10.1 Å². The molecule has 1 heterocycles. The van der Waals surface area contributed by atoms with E-state index in [2.05, 4.69) is 20.9 Å². The molecule has 2 aromatic rings. The molecule has 2 rings (SSSR count). The summed E-state index contributed by atoms with van der Waals surface area (Å²) < 4.78 is 0.716. The zero-order valence-corrected chi connectivity index (χ0v) is 12.0. The average molecular weight is 321 g/mol. The van der Waals surface area contributed by atoms with Gasteiger partial charge in [0.15, 0.2) is 0 Å². The summed E-state index contributed by atoms with van der Waals surface area (Å²) in [6, 6.07) is 10.9. The highest BCUT2D eigenvalue weighted by Crippen LogP contribution is 2.31. The van der Waals surface area contributed by atoms with E-state index < -0.39 is 0 Å². The fourth-order valence-electron chi connectivity index (χ4n) is 2.03. The van der Waals surface area contributed by atoms with Crippen LogP contribution in [0.1, 0.15) is 24.1 Å². The van der Waals surface area contributed by atoms with E-state index in [0.717, 1.165) is 11.3 Å². The molecule has 0 spiro atoms. The Bertz CT molecular complexity index is 587. The van der Waals surface area contributed by atoms with Gasteiger partial charge in [0.1, 0.15) is 0 Å². The number of nitro groups is 1. The summed E-state index contributed by atoms with van der Waals surface area (Å²) in [7, 11) is 0. The highest BCUT2D eigenvalue weighted by atomic mass is 79.9. The summed E-state index contributed by atoms with van der Waals surface area (Å²) in [4.78, 5) is 15.0. The van der Waals surface area contributed by atoms with E-state index >= 15 is 0 Å². The Balaban J connectivity index is 2.28. The number of halogens is 1. The lowest BCUT2D eigenvalue weighted by Crippen LogP contribution is -2.04. The lowest BCUT2D eigenvalue weighted by Gasteiger charge is -2.12. The Hall–Kier alpha value is -1.75. The molecule has 0 aliphatic rings. The second-order valence-corrected chi connectivity index (χ2v) is 5.30. The maximum absolute atomic E-state index is 11.1. The minimum absolute atomic E-state index is 0.0448. The van der Waals surface area contributed by atoms with Gasteiger partial charge in [-0.2, -0.15) is 0 Å². The van der Waals surface area contributed by atoms with Crippen molar-refractivity contribution in [1.82, 2.24) is 4.98 Å². The molecule has 1 aromatic heterocycles. The molecular formula is C14H13BrN2O2. The average Bonchev–Trinajstić information content (AvgIpc) is 2.39. The Labute approximate surface area is 119 Å². The van der Waals surface area contributed by atoms with Crippen LogP contribution < -0.4 is 0 Å². The number of nitrogens with zero attached hydrogens (tertiary/aromatic N) is 2. The molecule has 0 saturated heterocycles. The second-order valence-electron chi connectivity index (χ2n) is 4.39. The van der Waals surface area contributed by atoms with Crippen LogP contribution in [0.3, 0.4) is 0 Å². The molecule has 1 aromatic carbocycles. The van der Waals surface area contributed by atoms with Crippen LogP contribution in [-0.2, 0) is 6.42 Å². The van der Waals surface area contributed by atoms with Crippen molar-refractivity contribution >= 4 is 21.6 Å². The minimum Gasteiger partial charge on any atom is -0.261 e. The predicted octanol–water partition coefficient (Wildman–Crippen LogP) is 4.10. The van der Waals surface area contributed by atoms with Crippen molar-refractivity contribution in [1.29, 1.82) is 0 Å². The zero-order chi connectivity index (χ0) is 13.8. The first-order chi connectivity index (χ1) is 9.08. The van der Waals surface area contributed by atoms with Crippen molar-refractivity contribution in [2.24, 2.45) is 0 Å². The fourth-order valence-corrected chi connectivity index (χ4v) is 2.38. The van der Waals surface area contributed by atoms with Crippen LogP contribution in [0.15, 0.2) is 47.1 Å². The molecule has 98 valence electrons. The highest BCUT2D eigenvalue weighted by Gasteiger charge is 2.19. The van der Waals surface area contributed by atoms with Crippen molar-refractivity contribution in [2.75, 3.05) is 0 Å². The minimum atomic E-state index is -0.338. The van der Waals surface area contributed by atoms with E-state index in [0.29, 0.717) is 10.9 Å². The summed E-state index contributed by atoms with van der Waals surface area (Å²) >= 11 is 3.26. The lowest BCUT2D eigenvalue weighted by molar-refractivity contribution is -0.385. The molecule has 0 aliphatic heterocycles. The molecule has 0 amide bonds. The molecule has 0 bridgehead atoms. The molecule has 1 unspecified atom stereocenters. The fraction of sp³-hybridized carbons (Fsp3) is 0.214.